The van der Waals surface area contributed by atoms with E-state index in [4.69, 9.17) is 2.05 Å². The molecule has 0 unspecified atom stereocenters. The summed E-state index contributed by atoms with van der Waals surface area (Å²) in [5.41, 5.74) is 3.99. The van der Waals surface area contributed by atoms with Crippen LogP contribution in [0, 0.1) is 13.8 Å². The zero-order valence-corrected chi connectivity index (χ0v) is 14.3. The molecule has 0 saturated carbocycles. The van der Waals surface area contributed by atoms with Crippen LogP contribution in [0.5, 0.6) is 0 Å². The Bertz CT molecular complexity index is 543. The Morgan fingerprint density at radius 3 is 2.50 bits per heavy atom. The molecule has 1 aromatic heterocycles. The Morgan fingerprint density at radius 2 is 1.83 bits per heavy atom. The first kappa shape index (κ1) is 14.1. The van der Waals surface area contributed by atoms with Gasteiger partial charge in [-0.25, -0.2) is 0 Å². The van der Waals surface area contributed by atoms with Crippen molar-refractivity contribution in [2.24, 2.45) is 0 Å². The van der Waals surface area contributed by atoms with Crippen molar-refractivity contribution in [1.82, 2.24) is 0 Å². The minimum atomic E-state index is 0.763. The Labute approximate surface area is 133 Å². The number of hydrogen-bond acceptors (Lipinski definition) is 2. The van der Waals surface area contributed by atoms with Crippen molar-refractivity contribution < 1.29 is 33.5 Å². The molecule has 0 bridgehead atoms. The third-order valence-electron chi connectivity index (χ3n) is 3.02. The first-order valence-electron chi connectivity index (χ1n) is 5.86. The van der Waals surface area contributed by atoms with Gasteiger partial charge in [0, 0.05) is 0 Å². The summed E-state index contributed by atoms with van der Waals surface area (Å²) in [5, 5.41) is 0. The molecule has 18 heavy (non-hydrogen) atoms. The standard InChI is InChI=1S/C15H15OS.Y/c1-11-12(2)15(10-16)17-14(11)9-8-13-6-4-3-5-7-13;/h3-9H,10H2,1-2H3;/q-1;+1/b9-8+;. The molecule has 1 nitrogen and oxygen atoms in total. The Morgan fingerprint density at radius 1 is 1.11 bits per heavy atom. The summed E-state index contributed by atoms with van der Waals surface area (Å²) in [4.78, 5) is 2.69. The van der Waals surface area contributed by atoms with Crippen LogP contribution in [0.1, 0.15) is 26.4 Å². The summed E-state index contributed by atoms with van der Waals surface area (Å²) in [6.07, 6.45) is 4.38. The quantitative estimate of drug-likeness (QED) is 0.800. The van der Waals surface area contributed by atoms with Crippen molar-refractivity contribution in [2.45, 2.75) is 20.5 Å². The molecular weight excluding hydrogens is 317 g/mol. The van der Waals surface area contributed by atoms with Crippen molar-refractivity contribution >= 4 is 23.5 Å². The normalized spacial score (nSPS) is 11.2. The van der Waals surface area contributed by atoms with E-state index in [9.17, 15) is 0 Å². The van der Waals surface area contributed by atoms with Crippen molar-refractivity contribution in [1.29, 1.82) is 0 Å². The molecular formula is C15H15OSY. The summed E-state index contributed by atoms with van der Waals surface area (Å²) in [7, 11) is 0. The summed E-state index contributed by atoms with van der Waals surface area (Å²) in [6.45, 7) is 5.13. The average molecular weight is 332 g/mol. The molecule has 0 spiro atoms. The molecule has 0 N–H and O–H groups in total. The van der Waals surface area contributed by atoms with E-state index in [1.54, 1.807) is 0 Å². The molecule has 90 valence electrons. The number of rotatable bonds is 4. The molecule has 1 heterocycles. The zero-order valence-electron chi connectivity index (χ0n) is 10.6. The van der Waals surface area contributed by atoms with Crippen LogP contribution >= 0.6 is 11.3 Å². The maximum absolute atomic E-state index is 5.36. The van der Waals surface area contributed by atoms with Gasteiger partial charge in [-0.15, -0.1) is 0 Å². The summed E-state index contributed by atoms with van der Waals surface area (Å²) in [5.74, 6) is 0. The molecule has 0 amide bonds. The van der Waals surface area contributed by atoms with E-state index in [0.717, 1.165) is 38.1 Å². The molecule has 0 aliphatic heterocycles. The van der Waals surface area contributed by atoms with Crippen LogP contribution in [0.25, 0.3) is 12.2 Å². The fraction of sp³-hybridized carbons (Fsp3) is 0.200. The van der Waals surface area contributed by atoms with Crippen LogP contribution in [-0.2, 0) is 40.1 Å². The van der Waals surface area contributed by atoms with E-state index < -0.39 is 0 Å². The molecule has 0 radical (unpaired) electrons. The Kier molecular flexibility index (Phi) is 5.31. The van der Waals surface area contributed by atoms with Crippen molar-refractivity contribution in [2.75, 3.05) is 0 Å². The van der Waals surface area contributed by atoms with Gasteiger partial charge in [-0.05, 0) is 0 Å². The first-order chi connectivity index (χ1) is 8.72. The van der Waals surface area contributed by atoms with E-state index in [1.807, 2.05) is 17.4 Å². The van der Waals surface area contributed by atoms with Gasteiger partial charge in [0.2, 0.25) is 0 Å². The molecule has 0 atom stereocenters. The Hall–Kier alpha value is -0.276. The van der Waals surface area contributed by atoms with E-state index in [2.05, 4.69) is 50.3 Å². The molecule has 0 aliphatic carbocycles. The molecule has 0 fully saturated rings. The van der Waals surface area contributed by atoms with Crippen LogP contribution in [0.4, 0.5) is 0 Å². The first-order valence-corrected chi connectivity index (χ1v) is 7.83. The maximum atomic E-state index is 5.36. The second-order valence-corrected chi connectivity index (χ2v) is 6.15. The van der Waals surface area contributed by atoms with Gasteiger partial charge in [-0.1, -0.05) is 0 Å². The van der Waals surface area contributed by atoms with E-state index in [1.165, 1.54) is 26.4 Å². The van der Waals surface area contributed by atoms with Gasteiger partial charge in [-0.3, -0.25) is 0 Å². The summed E-state index contributed by atoms with van der Waals surface area (Å²) < 4.78 is 5.36. The molecule has 1 aromatic carbocycles. The number of thiophene rings is 1. The Balaban J connectivity index is 2.24. The molecule has 2 aromatic rings. The predicted molar refractivity (Wildman–Crippen MR) is 74.0 cm³/mol. The van der Waals surface area contributed by atoms with Crippen molar-refractivity contribution in [3.63, 3.8) is 0 Å². The average Bonchev–Trinajstić information content (AvgIpc) is 2.66. The zero-order chi connectivity index (χ0) is 13.0. The van der Waals surface area contributed by atoms with Crippen LogP contribution in [0.2, 0.25) is 0 Å². The van der Waals surface area contributed by atoms with E-state index in [-0.39, 0.29) is 0 Å². The monoisotopic (exact) mass is 332 g/mol. The fourth-order valence-electron chi connectivity index (χ4n) is 1.79. The van der Waals surface area contributed by atoms with Gasteiger partial charge >= 0.3 is 134 Å². The number of benzene rings is 1. The van der Waals surface area contributed by atoms with Gasteiger partial charge in [-0.2, -0.15) is 0 Å². The fourth-order valence-corrected chi connectivity index (χ4v) is 3.64. The second-order valence-electron chi connectivity index (χ2n) is 4.19. The van der Waals surface area contributed by atoms with Crippen LogP contribution in [0.15, 0.2) is 30.3 Å². The minimum absolute atomic E-state index is 0.763. The van der Waals surface area contributed by atoms with Gasteiger partial charge in [0.15, 0.2) is 0 Å². The van der Waals surface area contributed by atoms with Gasteiger partial charge in [0.05, 0.1) is 0 Å². The SMILES string of the molecule is Cc1c(/C=C/c2ccccc2)sc(C[O][Y])c1C. The third-order valence-corrected chi connectivity index (χ3v) is 4.77. The molecule has 0 saturated heterocycles. The van der Waals surface area contributed by atoms with Crippen LogP contribution in [0.3, 0.4) is 0 Å². The van der Waals surface area contributed by atoms with E-state index in [0.29, 0.717) is 0 Å². The number of hydrogen-bond donors (Lipinski definition) is 0. The summed E-state index contributed by atoms with van der Waals surface area (Å²) >= 11 is 2.70. The molecule has 3 heteroatoms. The topological polar surface area (TPSA) is 9.23 Å². The third kappa shape index (κ3) is 3.39. The van der Waals surface area contributed by atoms with Gasteiger partial charge in [0.1, 0.15) is 0 Å². The van der Waals surface area contributed by atoms with Crippen LogP contribution in [-0.4, -0.2) is 0 Å². The van der Waals surface area contributed by atoms with Crippen molar-refractivity contribution in [3.8, 4) is 0 Å². The molecule has 2 rings (SSSR count). The predicted octanol–water partition coefficient (Wildman–Crippen LogP) is 4.51. The van der Waals surface area contributed by atoms with E-state index >= 15 is 0 Å². The second kappa shape index (κ2) is 6.76. The van der Waals surface area contributed by atoms with Crippen LogP contribution < -0.4 is 0 Å². The molecule has 0 aliphatic rings. The summed E-state index contributed by atoms with van der Waals surface area (Å²) in [6, 6.07) is 10.4. The van der Waals surface area contributed by atoms with Gasteiger partial charge in [0.25, 0.3) is 0 Å². The van der Waals surface area contributed by atoms with Crippen molar-refractivity contribution in [3.05, 3.63) is 56.8 Å². The van der Waals surface area contributed by atoms with Gasteiger partial charge < -0.3 is 0 Å².